The monoisotopic (exact) mass is 242 g/mol. The number of carbonyl (C=O) groups is 1. The zero-order valence-corrected chi connectivity index (χ0v) is 11.1. The Kier molecular flexibility index (Phi) is 4.28. The first-order valence-electron chi connectivity index (χ1n) is 5.82. The van der Waals surface area contributed by atoms with Crippen molar-refractivity contribution in [2.24, 2.45) is 0 Å². The highest BCUT2D eigenvalue weighted by Crippen LogP contribution is 2.27. The molecule has 0 radical (unpaired) electrons. The lowest BCUT2D eigenvalue weighted by atomic mass is 10.0. The molecule has 94 valence electrons. The minimum atomic E-state index is -0.123. The molecular formula is C15H18N2O. The van der Waals surface area contributed by atoms with Gasteiger partial charge in [-0.2, -0.15) is 5.26 Å². The normalized spacial score (nSPS) is 10.6. The van der Waals surface area contributed by atoms with Crippen LogP contribution >= 0.6 is 0 Å². The van der Waals surface area contributed by atoms with Gasteiger partial charge in [-0.25, -0.2) is 0 Å². The third-order valence-electron chi connectivity index (χ3n) is 2.69. The number of rotatable bonds is 4. The summed E-state index contributed by atoms with van der Waals surface area (Å²) >= 11 is 0. The molecule has 0 heterocycles. The van der Waals surface area contributed by atoms with E-state index in [1.165, 1.54) is 0 Å². The lowest BCUT2D eigenvalue weighted by Crippen LogP contribution is -2.42. The maximum Gasteiger partial charge on any atom is 0.150 e. The van der Waals surface area contributed by atoms with Gasteiger partial charge in [-0.3, -0.25) is 4.79 Å². The van der Waals surface area contributed by atoms with Crippen molar-refractivity contribution in [3.8, 4) is 6.07 Å². The van der Waals surface area contributed by atoms with Crippen molar-refractivity contribution in [3.63, 3.8) is 0 Å². The smallest absolute Gasteiger partial charge is 0.150 e. The molecule has 1 aromatic carbocycles. The fourth-order valence-corrected chi connectivity index (χ4v) is 1.81. The Morgan fingerprint density at radius 1 is 1.44 bits per heavy atom. The summed E-state index contributed by atoms with van der Waals surface area (Å²) in [7, 11) is 0. The van der Waals surface area contributed by atoms with Crippen LogP contribution in [-0.2, 0) is 0 Å². The third-order valence-corrected chi connectivity index (χ3v) is 2.69. The van der Waals surface area contributed by atoms with Crippen LogP contribution in [0.4, 0.5) is 5.69 Å². The zero-order chi connectivity index (χ0) is 13.8. The number of anilines is 1. The summed E-state index contributed by atoms with van der Waals surface area (Å²) in [5, 5.41) is 9.20. The van der Waals surface area contributed by atoms with E-state index in [0.29, 0.717) is 17.7 Å². The van der Waals surface area contributed by atoms with Crippen molar-refractivity contribution in [1.82, 2.24) is 0 Å². The van der Waals surface area contributed by atoms with Gasteiger partial charge in [0.2, 0.25) is 0 Å². The average Bonchev–Trinajstić information content (AvgIpc) is 2.34. The fraction of sp³-hybridized carbons (Fsp3) is 0.333. The summed E-state index contributed by atoms with van der Waals surface area (Å²) in [6, 6.07) is 7.31. The molecule has 3 heteroatoms. The minimum Gasteiger partial charge on any atom is -0.362 e. The van der Waals surface area contributed by atoms with Gasteiger partial charge in [0.1, 0.15) is 12.4 Å². The molecule has 1 aromatic rings. The number of hydrogen-bond donors (Lipinski definition) is 0. The SMILES string of the molecule is C=CCN(c1ccc(C=O)cc1C#N)C(C)(C)C. The standard InChI is InChI=1S/C15H18N2O/c1-5-8-17(15(2,3)4)14-7-6-12(11-18)9-13(14)10-16/h5-7,9,11H,1,8H2,2-4H3. The Hall–Kier alpha value is -2.08. The second kappa shape index (κ2) is 5.50. The lowest BCUT2D eigenvalue weighted by Gasteiger charge is -2.37. The van der Waals surface area contributed by atoms with Crippen molar-refractivity contribution in [1.29, 1.82) is 5.26 Å². The first-order chi connectivity index (χ1) is 8.43. The molecule has 0 aliphatic carbocycles. The Morgan fingerprint density at radius 3 is 2.56 bits per heavy atom. The van der Waals surface area contributed by atoms with Gasteiger partial charge in [0, 0.05) is 17.6 Å². The molecule has 0 N–H and O–H groups in total. The Labute approximate surface area is 108 Å². The van der Waals surface area contributed by atoms with Gasteiger partial charge in [-0.15, -0.1) is 6.58 Å². The van der Waals surface area contributed by atoms with Crippen molar-refractivity contribution < 1.29 is 4.79 Å². The molecule has 0 unspecified atom stereocenters. The first-order valence-corrected chi connectivity index (χ1v) is 5.82. The largest absolute Gasteiger partial charge is 0.362 e. The van der Waals surface area contributed by atoms with Crippen LogP contribution in [-0.4, -0.2) is 18.4 Å². The van der Waals surface area contributed by atoms with Crippen LogP contribution < -0.4 is 4.90 Å². The lowest BCUT2D eigenvalue weighted by molar-refractivity contribution is 0.112. The summed E-state index contributed by atoms with van der Waals surface area (Å²) in [4.78, 5) is 12.8. The quantitative estimate of drug-likeness (QED) is 0.601. The molecule has 0 aliphatic rings. The summed E-state index contributed by atoms with van der Waals surface area (Å²) in [5.74, 6) is 0. The molecule has 0 saturated carbocycles. The van der Waals surface area contributed by atoms with Crippen molar-refractivity contribution in [2.75, 3.05) is 11.4 Å². The Morgan fingerprint density at radius 2 is 2.11 bits per heavy atom. The molecule has 0 aromatic heterocycles. The third kappa shape index (κ3) is 2.98. The average molecular weight is 242 g/mol. The van der Waals surface area contributed by atoms with E-state index in [-0.39, 0.29) is 5.54 Å². The van der Waals surface area contributed by atoms with Gasteiger partial charge in [-0.1, -0.05) is 6.08 Å². The molecule has 0 aliphatic heterocycles. The van der Waals surface area contributed by atoms with Crippen LogP contribution in [0.3, 0.4) is 0 Å². The van der Waals surface area contributed by atoms with Crippen LogP contribution in [0.25, 0.3) is 0 Å². The highest BCUT2D eigenvalue weighted by Gasteiger charge is 2.22. The van der Waals surface area contributed by atoms with E-state index in [2.05, 4.69) is 38.3 Å². The van der Waals surface area contributed by atoms with Gasteiger partial charge >= 0.3 is 0 Å². The number of aldehydes is 1. The van der Waals surface area contributed by atoms with E-state index < -0.39 is 0 Å². The number of nitrogens with zero attached hydrogens (tertiary/aromatic N) is 2. The molecule has 0 fully saturated rings. The second-order valence-electron chi connectivity index (χ2n) is 5.08. The van der Waals surface area contributed by atoms with E-state index in [1.54, 1.807) is 18.2 Å². The Bertz CT molecular complexity index is 492. The van der Waals surface area contributed by atoms with Crippen LogP contribution in [0, 0.1) is 11.3 Å². The molecule has 3 nitrogen and oxygen atoms in total. The molecule has 0 spiro atoms. The second-order valence-corrected chi connectivity index (χ2v) is 5.08. The van der Waals surface area contributed by atoms with E-state index in [0.717, 1.165) is 12.0 Å². The van der Waals surface area contributed by atoms with Crippen molar-refractivity contribution in [2.45, 2.75) is 26.3 Å². The summed E-state index contributed by atoms with van der Waals surface area (Å²) < 4.78 is 0. The van der Waals surface area contributed by atoms with Crippen LogP contribution in [0.15, 0.2) is 30.9 Å². The van der Waals surface area contributed by atoms with E-state index >= 15 is 0 Å². The van der Waals surface area contributed by atoms with E-state index in [9.17, 15) is 10.1 Å². The zero-order valence-electron chi connectivity index (χ0n) is 11.1. The fourth-order valence-electron chi connectivity index (χ4n) is 1.81. The molecule has 18 heavy (non-hydrogen) atoms. The minimum absolute atomic E-state index is 0.123. The maximum absolute atomic E-state index is 10.7. The molecule has 0 amide bonds. The van der Waals surface area contributed by atoms with Gasteiger partial charge in [0.15, 0.2) is 0 Å². The van der Waals surface area contributed by atoms with Crippen molar-refractivity contribution >= 4 is 12.0 Å². The predicted molar refractivity (Wildman–Crippen MR) is 73.8 cm³/mol. The van der Waals surface area contributed by atoms with Crippen LogP contribution in [0.2, 0.25) is 0 Å². The maximum atomic E-state index is 10.7. The van der Waals surface area contributed by atoms with Crippen LogP contribution in [0.1, 0.15) is 36.7 Å². The van der Waals surface area contributed by atoms with Gasteiger partial charge in [-0.05, 0) is 39.0 Å². The van der Waals surface area contributed by atoms with Gasteiger partial charge < -0.3 is 4.90 Å². The number of benzene rings is 1. The van der Waals surface area contributed by atoms with E-state index in [4.69, 9.17) is 0 Å². The van der Waals surface area contributed by atoms with Gasteiger partial charge in [0.05, 0.1) is 11.3 Å². The van der Waals surface area contributed by atoms with Crippen LogP contribution in [0.5, 0.6) is 0 Å². The molecule has 0 atom stereocenters. The molecule has 0 saturated heterocycles. The van der Waals surface area contributed by atoms with Gasteiger partial charge in [0.25, 0.3) is 0 Å². The van der Waals surface area contributed by atoms with Crippen molar-refractivity contribution in [3.05, 3.63) is 42.0 Å². The number of nitriles is 1. The Balaban J connectivity index is 3.33. The summed E-state index contributed by atoms with van der Waals surface area (Å²) in [6.07, 6.45) is 2.56. The molecular weight excluding hydrogens is 224 g/mol. The summed E-state index contributed by atoms with van der Waals surface area (Å²) in [5.41, 5.74) is 1.73. The number of hydrogen-bond acceptors (Lipinski definition) is 3. The highest BCUT2D eigenvalue weighted by molar-refractivity contribution is 5.78. The predicted octanol–water partition coefficient (Wildman–Crippen LogP) is 3.16. The highest BCUT2D eigenvalue weighted by atomic mass is 16.1. The topological polar surface area (TPSA) is 44.1 Å². The van der Waals surface area contributed by atoms with E-state index in [1.807, 2.05) is 6.07 Å². The molecule has 0 bridgehead atoms. The molecule has 1 rings (SSSR count). The number of carbonyl (C=O) groups excluding carboxylic acids is 1. The summed E-state index contributed by atoms with van der Waals surface area (Å²) in [6.45, 7) is 10.6. The first kappa shape index (κ1) is 14.0.